The van der Waals surface area contributed by atoms with Crippen LogP contribution in [0.15, 0.2) is 48.5 Å². The van der Waals surface area contributed by atoms with Crippen LogP contribution >= 0.6 is 0 Å². The number of morpholine rings is 1. The van der Waals surface area contributed by atoms with Gasteiger partial charge in [-0.15, -0.1) is 0 Å². The molecule has 0 saturated carbocycles. The molecule has 6 nitrogen and oxygen atoms in total. The summed E-state index contributed by atoms with van der Waals surface area (Å²) in [7, 11) is 0. The molecule has 0 aromatic heterocycles. The molecule has 0 unspecified atom stereocenters. The zero-order valence-electron chi connectivity index (χ0n) is 15.4. The van der Waals surface area contributed by atoms with Gasteiger partial charge in [0.1, 0.15) is 5.75 Å². The van der Waals surface area contributed by atoms with Crippen LogP contribution in [0.25, 0.3) is 0 Å². The molecule has 2 aromatic rings. The van der Waals surface area contributed by atoms with E-state index in [0.717, 1.165) is 32.0 Å². The third-order valence-electron chi connectivity index (χ3n) is 4.40. The van der Waals surface area contributed by atoms with Crippen LogP contribution in [0.5, 0.6) is 5.75 Å². The lowest BCUT2D eigenvalue weighted by atomic mass is 10.1. The van der Waals surface area contributed by atoms with Gasteiger partial charge in [0.05, 0.1) is 26.4 Å². The Labute approximate surface area is 159 Å². The van der Waals surface area contributed by atoms with Crippen molar-refractivity contribution >= 4 is 17.4 Å². The van der Waals surface area contributed by atoms with Gasteiger partial charge in [-0.2, -0.15) is 0 Å². The third kappa shape index (κ3) is 5.08. The molecule has 0 aliphatic carbocycles. The number of nitrogens with one attached hydrogen (secondary N) is 1. The first-order valence-corrected chi connectivity index (χ1v) is 9.14. The summed E-state index contributed by atoms with van der Waals surface area (Å²) in [5, 5.41) is 2.67. The van der Waals surface area contributed by atoms with E-state index in [1.807, 2.05) is 19.1 Å². The molecule has 142 valence electrons. The standard InChI is InChI=1S/C21H24N2O4/c1-2-27-19-9-5-17(6-10-19)21(25)22-15-20(24)16-3-7-18(8-4-16)23-11-13-26-14-12-23/h3-10H,2,11-15H2,1H3,(H,22,25). The Bertz CT molecular complexity index is 766. The van der Waals surface area contributed by atoms with Gasteiger partial charge in [0.15, 0.2) is 5.78 Å². The molecule has 1 amide bonds. The zero-order valence-corrected chi connectivity index (χ0v) is 15.4. The van der Waals surface area contributed by atoms with Crippen LogP contribution < -0.4 is 15.0 Å². The minimum Gasteiger partial charge on any atom is -0.494 e. The second-order valence-corrected chi connectivity index (χ2v) is 6.21. The van der Waals surface area contributed by atoms with Gasteiger partial charge in [-0.05, 0) is 55.5 Å². The molecule has 1 N–H and O–H groups in total. The molecule has 0 bridgehead atoms. The van der Waals surface area contributed by atoms with E-state index in [-0.39, 0.29) is 18.2 Å². The van der Waals surface area contributed by atoms with Crippen molar-refractivity contribution in [2.24, 2.45) is 0 Å². The molecule has 0 spiro atoms. The fraction of sp³-hybridized carbons (Fsp3) is 0.333. The number of nitrogens with zero attached hydrogens (tertiary/aromatic N) is 1. The van der Waals surface area contributed by atoms with Crippen molar-refractivity contribution in [3.8, 4) is 5.75 Å². The molecule has 0 atom stereocenters. The lowest BCUT2D eigenvalue weighted by molar-refractivity contribution is 0.0904. The highest BCUT2D eigenvalue weighted by Crippen LogP contribution is 2.17. The highest BCUT2D eigenvalue weighted by atomic mass is 16.5. The minimum absolute atomic E-state index is 0.0387. The largest absolute Gasteiger partial charge is 0.494 e. The van der Waals surface area contributed by atoms with E-state index < -0.39 is 0 Å². The van der Waals surface area contributed by atoms with Gasteiger partial charge in [-0.1, -0.05) is 0 Å². The molecule has 3 rings (SSSR count). The molecule has 0 radical (unpaired) electrons. The smallest absolute Gasteiger partial charge is 0.251 e. The van der Waals surface area contributed by atoms with E-state index >= 15 is 0 Å². The maximum Gasteiger partial charge on any atom is 0.251 e. The second-order valence-electron chi connectivity index (χ2n) is 6.21. The molecule has 6 heteroatoms. The Morgan fingerprint density at radius 1 is 1.00 bits per heavy atom. The summed E-state index contributed by atoms with van der Waals surface area (Å²) in [5.41, 5.74) is 2.15. The number of amides is 1. The molecule has 1 heterocycles. The summed E-state index contributed by atoms with van der Waals surface area (Å²) in [6, 6.07) is 14.3. The van der Waals surface area contributed by atoms with Gasteiger partial charge in [0, 0.05) is 29.9 Å². The average Bonchev–Trinajstić information content (AvgIpc) is 2.73. The van der Waals surface area contributed by atoms with Gasteiger partial charge >= 0.3 is 0 Å². The fourth-order valence-corrected chi connectivity index (χ4v) is 2.91. The molecule has 1 aliphatic rings. The predicted octanol–water partition coefficient (Wildman–Crippen LogP) is 2.53. The normalized spacial score (nSPS) is 13.9. The second kappa shape index (κ2) is 9.19. The molecular weight excluding hydrogens is 344 g/mol. The number of rotatable bonds is 7. The van der Waals surface area contributed by atoms with E-state index in [1.54, 1.807) is 36.4 Å². The summed E-state index contributed by atoms with van der Waals surface area (Å²) in [6.45, 7) is 5.58. The number of anilines is 1. The van der Waals surface area contributed by atoms with E-state index in [4.69, 9.17) is 9.47 Å². The first kappa shape index (κ1) is 18.9. The first-order valence-electron chi connectivity index (χ1n) is 9.14. The number of carbonyl (C=O) groups excluding carboxylic acids is 2. The van der Waals surface area contributed by atoms with Crippen LogP contribution in [0, 0.1) is 0 Å². The number of benzene rings is 2. The van der Waals surface area contributed by atoms with Crippen molar-refractivity contribution in [1.29, 1.82) is 0 Å². The van der Waals surface area contributed by atoms with Gasteiger partial charge in [0.25, 0.3) is 5.91 Å². The Balaban J connectivity index is 1.53. The molecular formula is C21H24N2O4. The van der Waals surface area contributed by atoms with Crippen LogP contribution in [0.4, 0.5) is 5.69 Å². The maximum atomic E-state index is 12.3. The maximum absolute atomic E-state index is 12.3. The Hall–Kier alpha value is -2.86. The Morgan fingerprint density at radius 2 is 1.63 bits per heavy atom. The van der Waals surface area contributed by atoms with Crippen LogP contribution in [0.2, 0.25) is 0 Å². The fourth-order valence-electron chi connectivity index (χ4n) is 2.91. The minimum atomic E-state index is -0.281. The molecule has 1 aliphatic heterocycles. The lowest BCUT2D eigenvalue weighted by Crippen LogP contribution is -2.36. The number of ether oxygens (including phenoxy) is 2. The Morgan fingerprint density at radius 3 is 2.26 bits per heavy atom. The van der Waals surface area contributed by atoms with Crippen molar-refractivity contribution in [3.05, 3.63) is 59.7 Å². The predicted molar refractivity (Wildman–Crippen MR) is 104 cm³/mol. The van der Waals surface area contributed by atoms with Gasteiger partial charge < -0.3 is 19.7 Å². The summed E-state index contributed by atoms with van der Waals surface area (Å²) in [5.74, 6) is 0.310. The zero-order chi connectivity index (χ0) is 19.1. The number of hydrogen-bond donors (Lipinski definition) is 1. The molecule has 2 aromatic carbocycles. The number of Topliss-reactive ketones (excluding diaryl/α,β-unsaturated/α-hetero) is 1. The topological polar surface area (TPSA) is 67.9 Å². The van der Waals surface area contributed by atoms with E-state index in [2.05, 4.69) is 10.2 Å². The van der Waals surface area contributed by atoms with Crippen LogP contribution in [0.3, 0.4) is 0 Å². The molecule has 27 heavy (non-hydrogen) atoms. The summed E-state index contributed by atoms with van der Waals surface area (Å²) in [4.78, 5) is 26.8. The highest BCUT2D eigenvalue weighted by Gasteiger charge is 2.13. The molecule has 1 fully saturated rings. The SMILES string of the molecule is CCOc1ccc(C(=O)NCC(=O)c2ccc(N3CCOCC3)cc2)cc1. The van der Waals surface area contributed by atoms with Crippen molar-refractivity contribution < 1.29 is 19.1 Å². The van der Waals surface area contributed by atoms with Crippen molar-refractivity contribution in [2.45, 2.75) is 6.92 Å². The van der Waals surface area contributed by atoms with Crippen LogP contribution in [0.1, 0.15) is 27.6 Å². The van der Waals surface area contributed by atoms with Crippen LogP contribution in [-0.2, 0) is 4.74 Å². The quantitative estimate of drug-likeness (QED) is 0.761. The van der Waals surface area contributed by atoms with Gasteiger partial charge in [-0.3, -0.25) is 9.59 Å². The van der Waals surface area contributed by atoms with Crippen molar-refractivity contribution in [2.75, 3.05) is 44.4 Å². The summed E-state index contributed by atoms with van der Waals surface area (Å²) in [6.07, 6.45) is 0. The summed E-state index contributed by atoms with van der Waals surface area (Å²) >= 11 is 0. The first-order chi connectivity index (χ1) is 13.2. The van der Waals surface area contributed by atoms with Crippen molar-refractivity contribution in [3.63, 3.8) is 0 Å². The van der Waals surface area contributed by atoms with E-state index in [0.29, 0.717) is 23.5 Å². The van der Waals surface area contributed by atoms with Gasteiger partial charge in [-0.25, -0.2) is 0 Å². The number of carbonyl (C=O) groups is 2. The monoisotopic (exact) mass is 368 g/mol. The van der Waals surface area contributed by atoms with E-state index in [1.165, 1.54) is 0 Å². The summed E-state index contributed by atoms with van der Waals surface area (Å²) < 4.78 is 10.7. The molecule has 1 saturated heterocycles. The van der Waals surface area contributed by atoms with Crippen molar-refractivity contribution in [1.82, 2.24) is 5.32 Å². The third-order valence-corrected chi connectivity index (χ3v) is 4.40. The number of ketones is 1. The Kier molecular flexibility index (Phi) is 6.44. The van der Waals surface area contributed by atoms with E-state index in [9.17, 15) is 9.59 Å². The van der Waals surface area contributed by atoms with Gasteiger partial charge in [0.2, 0.25) is 0 Å². The average molecular weight is 368 g/mol. The highest BCUT2D eigenvalue weighted by molar-refractivity contribution is 6.02. The number of hydrogen-bond acceptors (Lipinski definition) is 5. The lowest BCUT2D eigenvalue weighted by Gasteiger charge is -2.28. The van der Waals surface area contributed by atoms with Crippen LogP contribution in [-0.4, -0.2) is 51.1 Å².